The van der Waals surface area contributed by atoms with Crippen LogP contribution in [0.3, 0.4) is 0 Å². The molecule has 1 aliphatic carbocycles. The van der Waals surface area contributed by atoms with E-state index in [1.54, 1.807) is 0 Å². The van der Waals surface area contributed by atoms with Crippen molar-refractivity contribution < 1.29 is 0 Å². The minimum absolute atomic E-state index is 1.06. The van der Waals surface area contributed by atoms with Crippen LogP contribution in [0.2, 0.25) is 0 Å². The van der Waals surface area contributed by atoms with Crippen molar-refractivity contribution in [1.29, 1.82) is 0 Å². The van der Waals surface area contributed by atoms with Gasteiger partial charge in [0.25, 0.3) is 0 Å². The van der Waals surface area contributed by atoms with E-state index in [-0.39, 0.29) is 0 Å². The van der Waals surface area contributed by atoms with Crippen LogP contribution in [0.25, 0.3) is 38.1 Å². The van der Waals surface area contributed by atoms with Crippen LogP contribution in [0.15, 0.2) is 66.7 Å². The summed E-state index contributed by atoms with van der Waals surface area (Å²) in [4.78, 5) is 0. The monoisotopic (exact) mass is 279 g/mol. The zero-order valence-corrected chi connectivity index (χ0v) is 12.0. The first kappa shape index (κ1) is 10.9. The van der Waals surface area contributed by atoms with Gasteiger partial charge in [-0.3, -0.25) is 0 Å². The third kappa shape index (κ3) is 1.06. The highest BCUT2D eigenvalue weighted by Gasteiger charge is 2.24. The molecule has 2 heterocycles. The molecule has 102 valence electrons. The van der Waals surface area contributed by atoms with Gasteiger partial charge in [-0.15, -0.1) is 0 Å². The Morgan fingerprint density at radius 3 is 2.18 bits per heavy atom. The molecule has 6 rings (SSSR count). The van der Waals surface area contributed by atoms with Crippen molar-refractivity contribution in [2.24, 2.45) is 0 Å². The second-order valence-corrected chi connectivity index (χ2v) is 6.21. The molecule has 0 saturated carbocycles. The zero-order valence-electron chi connectivity index (χ0n) is 12.0. The van der Waals surface area contributed by atoms with E-state index in [2.05, 4.69) is 71.1 Å². The van der Waals surface area contributed by atoms with Crippen molar-refractivity contribution in [2.75, 3.05) is 0 Å². The average molecular weight is 279 g/mol. The largest absolute Gasteiger partial charge is 0.308 e. The molecule has 5 aromatic rings. The molecule has 0 unspecified atom stereocenters. The molecule has 0 atom stereocenters. The van der Waals surface area contributed by atoms with Gasteiger partial charge >= 0.3 is 0 Å². The number of nitrogens with zero attached hydrogens (tertiary/aromatic N) is 1. The molecule has 1 aliphatic rings. The Labute approximate surface area is 127 Å². The van der Waals surface area contributed by atoms with Gasteiger partial charge < -0.3 is 4.40 Å². The summed E-state index contributed by atoms with van der Waals surface area (Å²) in [7, 11) is 0. The van der Waals surface area contributed by atoms with Gasteiger partial charge in [0.05, 0.1) is 16.6 Å². The lowest BCUT2D eigenvalue weighted by atomic mass is 10.0. The summed E-state index contributed by atoms with van der Waals surface area (Å²) >= 11 is 0. The quantitative estimate of drug-likeness (QED) is 0.332. The smallest absolute Gasteiger partial charge is 0.0585 e. The molecule has 0 spiro atoms. The molecule has 0 amide bonds. The Balaban J connectivity index is 2.13. The second kappa shape index (κ2) is 3.50. The number of benzene rings is 3. The molecule has 0 radical (unpaired) electrons. The predicted molar refractivity (Wildman–Crippen MR) is 92.7 cm³/mol. The maximum Gasteiger partial charge on any atom is 0.0585 e. The average Bonchev–Trinajstić information content (AvgIpc) is 3.10. The summed E-state index contributed by atoms with van der Waals surface area (Å²) in [6, 6.07) is 24.4. The van der Waals surface area contributed by atoms with Gasteiger partial charge in [0.1, 0.15) is 0 Å². The lowest BCUT2D eigenvalue weighted by Gasteiger charge is -2.10. The van der Waals surface area contributed by atoms with Gasteiger partial charge in [-0.1, -0.05) is 54.6 Å². The van der Waals surface area contributed by atoms with E-state index in [4.69, 9.17) is 0 Å². The van der Waals surface area contributed by atoms with Crippen molar-refractivity contribution in [3.63, 3.8) is 0 Å². The number of aromatic nitrogens is 1. The number of hydrogen-bond donors (Lipinski definition) is 0. The Kier molecular flexibility index (Phi) is 1.73. The van der Waals surface area contributed by atoms with Gasteiger partial charge in [-0.05, 0) is 28.6 Å². The molecule has 3 aromatic carbocycles. The van der Waals surface area contributed by atoms with E-state index >= 15 is 0 Å². The van der Waals surface area contributed by atoms with E-state index in [9.17, 15) is 0 Å². The summed E-state index contributed by atoms with van der Waals surface area (Å²) in [5.74, 6) is 0. The SMILES string of the molecule is c1ccc2c(c1)c1c3c4c(cccc4c4ccccc4n23)C1. The maximum absolute atomic E-state index is 2.47. The third-order valence-electron chi connectivity index (χ3n) is 5.17. The number of fused-ring (bicyclic) bond motifs is 6. The first-order valence-electron chi connectivity index (χ1n) is 7.78. The highest BCUT2D eigenvalue weighted by atomic mass is 14.9. The molecule has 1 heteroatoms. The zero-order chi connectivity index (χ0) is 14.3. The van der Waals surface area contributed by atoms with Gasteiger partial charge in [0.2, 0.25) is 0 Å². The van der Waals surface area contributed by atoms with E-state index in [0.717, 1.165) is 6.42 Å². The molecular weight excluding hydrogens is 266 g/mol. The fourth-order valence-corrected chi connectivity index (χ4v) is 4.34. The summed E-state index contributed by atoms with van der Waals surface area (Å²) in [6.45, 7) is 0. The molecule has 0 saturated heterocycles. The minimum atomic E-state index is 1.06. The maximum atomic E-state index is 2.47. The number of hydrogen-bond acceptors (Lipinski definition) is 0. The lowest BCUT2D eigenvalue weighted by Crippen LogP contribution is -1.90. The highest BCUT2D eigenvalue weighted by molar-refractivity contribution is 6.20. The van der Waals surface area contributed by atoms with E-state index in [1.807, 2.05) is 0 Å². The van der Waals surface area contributed by atoms with Crippen LogP contribution in [-0.2, 0) is 6.42 Å². The summed E-state index contributed by atoms with van der Waals surface area (Å²) in [5.41, 5.74) is 7.03. The molecule has 22 heavy (non-hydrogen) atoms. The fourth-order valence-electron chi connectivity index (χ4n) is 4.34. The number of pyridine rings is 1. The first-order chi connectivity index (χ1) is 10.9. The number of rotatable bonds is 0. The van der Waals surface area contributed by atoms with Crippen LogP contribution in [0.5, 0.6) is 0 Å². The van der Waals surface area contributed by atoms with Crippen LogP contribution >= 0.6 is 0 Å². The summed E-state index contributed by atoms with van der Waals surface area (Å²) < 4.78 is 2.47. The molecule has 0 aliphatic heterocycles. The van der Waals surface area contributed by atoms with Crippen LogP contribution in [-0.4, -0.2) is 4.40 Å². The minimum Gasteiger partial charge on any atom is -0.308 e. The highest BCUT2D eigenvalue weighted by Crippen LogP contribution is 2.43. The van der Waals surface area contributed by atoms with Crippen LogP contribution in [0.4, 0.5) is 0 Å². The van der Waals surface area contributed by atoms with Crippen molar-refractivity contribution >= 4 is 38.1 Å². The molecule has 1 nitrogen and oxygen atoms in total. The van der Waals surface area contributed by atoms with Crippen molar-refractivity contribution in [3.8, 4) is 0 Å². The van der Waals surface area contributed by atoms with E-state index < -0.39 is 0 Å². The summed E-state index contributed by atoms with van der Waals surface area (Å²) in [6.07, 6.45) is 1.06. The lowest BCUT2D eigenvalue weighted by molar-refractivity contribution is 1.29. The Morgan fingerprint density at radius 2 is 1.32 bits per heavy atom. The first-order valence-corrected chi connectivity index (χ1v) is 7.78. The van der Waals surface area contributed by atoms with Gasteiger partial charge in [0.15, 0.2) is 0 Å². The van der Waals surface area contributed by atoms with Crippen molar-refractivity contribution in [3.05, 3.63) is 77.9 Å². The molecule has 0 bridgehead atoms. The Morgan fingerprint density at radius 1 is 0.636 bits per heavy atom. The van der Waals surface area contributed by atoms with Crippen LogP contribution in [0, 0.1) is 0 Å². The summed E-state index contributed by atoms with van der Waals surface area (Å²) in [5, 5.41) is 5.59. The Hall–Kier alpha value is -2.80. The van der Waals surface area contributed by atoms with Gasteiger partial charge in [-0.25, -0.2) is 0 Å². The van der Waals surface area contributed by atoms with Crippen molar-refractivity contribution in [2.45, 2.75) is 6.42 Å². The molecule has 2 aromatic heterocycles. The van der Waals surface area contributed by atoms with Gasteiger partial charge in [0, 0.05) is 22.6 Å². The molecular formula is C21H13N. The van der Waals surface area contributed by atoms with E-state index in [1.165, 1.54) is 49.2 Å². The van der Waals surface area contributed by atoms with Gasteiger partial charge in [-0.2, -0.15) is 0 Å². The standard InChI is InChI=1S/C21H13N/c1-3-10-18-14(7-1)16-9-5-6-13-12-17-15-8-2-4-11-19(15)22(18)21(17)20(13)16/h1-11H,12H2. The Bertz CT molecular complexity index is 1240. The fraction of sp³-hybridized carbons (Fsp3) is 0.0476. The normalized spacial score (nSPS) is 13.3. The number of para-hydroxylation sites is 2. The van der Waals surface area contributed by atoms with E-state index in [0.29, 0.717) is 0 Å². The third-order valence-corrected chi connectivity index (χ3v) is 5.17. The van der Waals surface area contributed by atoms with Crippen molar-refractivity contribution in [1.82, 2.24) is 4.40 Å². The molecule has 0 fully saturated rings. The second-order valence-electron chi connectivity index (χ2n) is 6.21. The van der Waals surface area contributed by atoms with Crippen LogP contribution < -0.4 is 0 Å². The topological polar surface area (TPSA) is 4.41 Å². The van der Waals surface area contributed by atoms with Crippen LogP contribution in [0.1, 0.15) is 11.1 Å². The molecule has 0 N–H and O–H groups in total. The predicted octanol–water partition coefficient (Wildman–Crippen LogP) is 5.30.